The topological polar surface area (TPSA) is 44.4 Å². The van der Waals surface area contributed by atoms with Crippen molar-refractivity contribution in [2.24, 2.45) is 11.8 Å². The van der Waals surface area contributed by atoms with E-state index in [2.05, 4.69) is 24.5 Å². The van der Waals surface area contributed by atoms with Crippen LogP contribution in [0, 0.1) is 11.8 Å². The molecular formula is C16H31N3O. The maximum Gasteiger partial charge on any atom is 0.225 e. The summed E-state index contributed by atoms with van der Waals surface area (Å²) in [4.78, 5) is 14.0. The molecule has 0 radical (unpaired) electrons. The van der Waals surface area contributed by atoms with Gasteiger partial charge in [0, 0.05) is 30.6 Å². The van der Waals surface area contributed by atoms with E-state index in [4.69, 9.17) is 0 Å². The van der Waals surface area contributed by atoms with Crippen LogP contribution < -0.4 is 10.6 Å². The smallest absolute Gasteiger partial charge is 0.225 e. The second-order valence-corrected chi connectivity index (χ2v) is 7.32. The zero-order valence-corrected chi connectivity index (χ0v) is 13.5. The Morgan fingerprint density at radius 2 is 1.95 bits per heavy atom. The number of hydrogen-bond acceptors (Lipinski definition) is 3. The summed E-state index contributed by atoms with van der Waals surface area (Å²) in [6, 6.07) is 0.581. The summed E-state index contributed by atoms with van der Waals surface area (Å²) in [5.41, 5.74) is 0.217. The molecule has 0 spiro atoms. The van der Waals surface area contributed by atoms with Crippen LogP contribution in [0.25, 0.3) is 0 Å². The average molecular weight is 281 g/mol. The fourth-order valence-electron chi connectivity index (χ4n) is 3.41. The molecule has 0 bridgehead atoms. The van der Waals surface area contributed by atoms with E-state index in [1.54, 1.807) is 0 Å². The molecule has 4 nitrogen and oxygen atoms in total. The third-order valence-electron chi connectivity index (χ3n) is 4.96. The van der Waals surface area contributed by atoms with E-state index in [1.807, 2.05) is 18.7 Å². The van der Waals surface area contributed by atoms with Crippen LogP contribution in [0.3, 0.4) is 0 Å². The first-order chi connectivity index (χ1) is 9.40. The van der Waals surface area contributed by atoms with E-state index in [0.717, 1.165) is 44.9 Å². The van der Waals surface area contributed by atoms with Gasteiger partial charge in [0.15, 0.2) is 0 Å². The number of carbonyl (C=O) groups is 1. The van der Waals surface area contributed by atoms with Gasteiger partial charge in [-0.1, -0.05) is 13.8 Å². The minimum absolute atomic E-state index is 0.134. The molecule has 2 heterocycles. The van der Waals surface area contributed by atoms with Gasteiger partial charge < -0.3 is 15.5 Å². The molecule has 20 heavy (non-hydrogen) atoms. The molecule has 0 aromatic rings. The number of nitrogens with zero attached hydrogens (tertiary/aromatic N) is 1. The molecule has 4 heteroatoms. The lowest BCUT2D eigenvalue weighted by molar-refractivity contribution is -0.135. The summed E-state index contributed by atoms with van der Waals surface area (Å²) in [6.07, 6.45) is 3.51. The highest BCUT2D eigenvalue weighted by Crippen LogP contribution is 2.21. The maximum atomic E-state index is 12.0. The van der Waals surface area contributed by atoms with Gasteiger partial charge in [-0.05, 0) is 52.1 Å². The Labute approximate surface area is 123 Å². The van der Waals surface area contributed by atoms with Crippen molar-refractivity contribution in [3.8, 4) is 0 Å². The molecule has 116 valence electrons. The monoisotopic (exact) mass is 281 g/mol. The van der Waals surface area contributed by atoms with Gasteiger partial charge in [0.2, 0.25) is 5.91 Å². The standard InChI is InChI=1S/C16H31N3O/c1-12(2)15(20)19-9-6-13(7-10-19)11-17-14-5-8-18-16(14,3)4/h12-14,17-18H,5-11H2,1-4H3. The molecule has 2 aliphatic heterocycles. The molecular weight excluding hydrogens is 250 g/mol. The quantitative estimate of drug-likeness (QED) is 0.823. The number of carbonyl (C=O) groups excluding carboxylic acids is 1. The molecule has 2 rings (SSSR count). The number of likely N-dealkylation sites (tertiary alicyclic amines) is 1. The molecule has 0 aromatic heterocycles. The number of hydrogen-bond donors (Lipinski definition) is 2. The van der Waals surface area contributed by atoms with Crippen LogP contribution >= 0.6 is 0 Å². The molecule has 2 saturated heterocycles. The normalized spacial score (nSPS) is 27.2. The summed E-state index contributed by atoms with van der Waals surface area (Å²) in [7, 11) is 0. The van der Waals surface area contributed by atoms with E-state index in [0.29, 0.717) is 11.9 Å². The summed E-state index contributed by atoms with van der Waals surface area (Å²) in [6.45, 7) is 12.6. The number of rotatable bonds is 4. The maximum absolute atomic E-state index is 12.0. The van der Waals surface area contributed by atoms with Crippen LogP contribution in [0.2, 0.25) is 0 Å². The van der Waals surface area contributed by atoms with E-state index in [1.165, 1.54) is 6.42 Å². The summed E-state index contributed by atoms with van der Waals surface area (Å²) in [5.74, 6) is 1.18. The highest BCUT2D eigenvalue weighted by molar-refractivity contribution is 5.78. The Hall–Kier alpha value is -0.610. The first kappa shape index (κ1) is 15.8. The van der Waals surface area contributed by atoms with E-state index < -0.39 is 0 Å². The van der Waals surface area contributed by atoms with Crippen molar-refractivity contribution in [1.29, 1.82) is 0 Å². The molecule has 2 fully saturated rings. The van der Waals surface area contributed by atoms with Gasteiger partial charge in [-0.15, -0.1) is 0 Å². The van der Waals surface area contributed by atoms with Crippen molar-refractivity contribution < 1.29 is 4.79 Å². The lowest BCUT2D eigenvalue weighted by Gasteiger charge is -2.35. The predicted octanol–water partition coefficient (Wildman–Crippen LogP) is 1.61. The van der Waals surface area contributed by atoms with Crippen molar-refractivity contribution in [2.45, 2.75) is 58.5 Å². The van der Waals surface area contributed by atoms with Gasteiger partial charge in [-0.2, -0.15) is 0 Å². The highest BCUT2D eigenvalue weighted by Gasteiger charge is 2.34. The van der Waals surface area contributed by atoms with Gasteiger partial charge >= 0.3 is 0 Å². The average Bonchev–Trinajstić information content (AvgIpc) is 2.75. The van der Waals surface area contributed by atoms with Gasteiger partial charge in [-0.25, -0.2) is 0 Å². The summed E-state index contributed by atoms with van der Waals surface area (Å²) in [5, 5.41) is 7.30. The largest absolute Gasteiger partial charge is 0.342 e. The van der Waals surface area contributed by atoms with Crippen molar-refractivity contribution in [3.05, 3.63) is 0 Å². The van der Waals surface area contributed by atoms with Crippen LogP contribution in [0.15, 0.2) is 0 Å². The number of nitrogens with one attached hydrogen (secondary N) is 2. The Morgan fingerprint density at radius 3 is 2.45 bits per heavy atom. The Balaban J connectivity index is 1.71. The van der Waals surface area contributed by atoms with E-state index in [9.17, 15) is 4.79 Å². The van der Waals surface area contributed by atoms with E-state index in [-0.39, 0.29) is 11.5 Å². The predicted molar refractivity (Wildman–Crippen MR) is 82.6 cm³/mol. The van der Waals surface area contributed by atoms with Crippen molar-refractivity contribution in [2.75, 3.05) is 26.2 Å². The van der Waals surface area contributed by atoms with Crippen molar-refractivity contribution in [1.82, 2.24) is 15.5 Å². The van der Waals surface area contributed by atoms with Crippen LogP contribution in [0.1, 0.15) is 47.0 Å². The molecule has 0 saturated carbocycles. The molecule has 1 unspecified atom stereocenters. The minimum Gasteiger partial charge on any atom is -0.342 e. The first-order valence-electron chi connectivity index (χ1n) is 8.17. The lowest BCUT2D eigenvalue weighted by atomic mass is 9.93. The van der Waals surface area contributed by atoms with Crippen molar-refractivity contribution >= 4 is 5.91 Å². The fraction of sp³-hybridized carbons (Fsp3) is 0.938. The SMILES string of the molecule is CC(C)C(=O)N1CCC(CNC2CCNC2(C)C)CC1. The second kappa shape index (κ2) is 6.44. The van der Waals surface area contributed by atoms with Crippen molar-refractivity contribution in [3.63, 3.8) is 0 Å². The zero-order chi connectivity index (χ0) is 14.8. The lowest BCUT2D eigenvalue weighted by Crippen LogP contribution is -2.50. The van der Waals surface area contributed by atoms with Crippen LogP contribution in [-0.2, 0) is 4.79 Å². The Bertz CT molecular complexity index is 333. The summed E-state index contributed by atoms with van der Waals surface area (Å²) < 4.78 is 0. The minimum atomic E-state index is 0.134. The number of piperidine rings is 1. The van der Waals surface area contributed by atoms with Gasteiger partial charge in [-0.3, -0.25) is 4.79 Å². The molecule has 0 aliphatic carbocycles. The number of amides is 1. The van der Waals surface area contributed by atoms with Crippen LogP contribution in [0.5, 0.6) is 0 Å². The van der Waals surface area contributed by atoms with Crippen LogP contribution in [-0.4, -0.2) is 48.6 Å². The zero-order valence-electron chi connectivity index (χ0n) is 13.5. The molecule has 2 aliphatic rings. The Morgan fingerprint density at radius 1 is 1.30 bits per heavy atom. The fourth-order valence-corrected chi connectivity index (χ4v) is 3.41. The molecule has 1 amide bonds. The summed E-state index contributed by atoms with van der Waals surface area (Å²) >= 11 is 0. The Kier molecular flexibility index (Phi) is 5.08. The van der Waals surface area contributed by atoms with Crippen LogP contribution in [0.4, 0.5) is 0 Å². The highest BCUT2D eigenvalue weighted by atomic mass is 16.2. The third-order valence-corrected chi connectivity index (χ3v) is 4.96. The van der Waals surface area contributed by atoms with Gasteiger partial charge in [0.25, 0.3) is 0 Å². The van der Waals surface area contributed by atoms with E-state index >= 15 is 0 Å². The molecule has 1 atom stereocenters. The third kappa shape index (κ3) is 3.73. The second-order valence-electron chi connectivity index (χ2n) is 7.32. The first-order valence-corrected chi connectivity index (χ1v) is 8.17. The molecule has 2 N–H and O–H groups in total. The van der Waals surface area contributed by atoms with Gasteiger partial charge in [0.05, 0.1) is 0 Å². The molecule has 0 aromatic carbocycles. The van der Waals surface area contributed by atoms with Gasteiger partial charge in [0.1, 0.15) is 0 Å².